The highest BCUT2D eigenvalue weighted by Crippen LogP contribution is 2.33. The van der Waals surface area contributed by atoms with Gasteiger partial charge < -0.3 is 25.2 Å². The van der Waals surface area contributed by atoms with Crippen LogP contribution in [0.2, 0.25) is 0 Å². The average Bonchev–Trinajstić information content (AvgIpc) is 3.06. The van der Waals surface area contributed by atoms with Crippen molar-refractivity contribution in [3.05, 3.63) is 119 Å². The van der Waals surface area contributed by atoms with E-state index in [0.717, 1.165) is 12.1 Å². The molecule has 0 saturated heterocycles. The van der Waals surface area contributed by atoms with E-state index < -0.39 is 47.6 Å². The van der Waals surface area contributed by atoms with Crippen molar-refractivity contribution in [3.63, 3.8) is 0 Å². The highest BCUT2D eigenvalue weighted by Gasteiger charge is 2.50. The number of anilines is 2. The van der Waals surface area contributed by atoms with Gasteiger partial charge in [-0.2, -0.15) is 13.2 Å². The van der Waals surface area contributed by atoms with Crippen molar-refractivity contribution in [2.24, 2.45) is 0 Å². The summed E-state index contributed by atoms with van der Waals surface area (Å²) in [6.07, 6.45) is -4.81. The molecule has 4 rings (SSSR count). The van der Waals surface area contributed by atoms with E-state index in [-0.39, 0.29) is 17.5 Å². The van der Waals surface area contributed by atoms with Crippen LogP contribution in [0.5, 0.6) is 0 Å². The molecule has 0 heterocycles. The van der Waals surface area contributed by atoms with Crippen molar-refractivity contribution >= 4 is 35.2 Å². The summed E-state index contributed by atoms with van der Waals surface area (Å²) in [4.78, 5) is 52.7. The first kappa shape index (κ1) is 35.2. The lowest BCUT2D eigenvalue weighted by molar-refractivity contribution is -0.164. The maximum Gasteiger partial charge on any atom is 0.416 e. The number of ether oxygens (including phenoxy) is 1. The fraction of sp³-hybridized carbons (Fsp3) is 0.222. The Morgan fingerprint density at radius 3 is 1.96 bits per heavy atom. The van der Waals surface area contributed by atoms with Gasteiger partial charge in [0.25, 0.3) is 5.91 Å². The monoisotopic (exact) mass is 662 g/mol. The van der Waals surface area contributed by atoms with E-state index in [1.54, 1.807) is 48.5 Å². The lowest BCUT2D eigenvalue weighted by Gasteiger charge is -2.26. The summed E-state index contributed by atoms with van der Waals surface area (Å²) in [5, 5.41) is 22.6. The Balaban J connectivity index is 1.57. The number of hydrogen-bond acceptors (Lipinski definition) is 6. The van der Waals surface area contributed by atoms with E-state index in [1.807, 2.05) is 18.7 Å². The highest BCUT2D eigenvalue weighted by atomic mass is 19.4. The van der Waals surface area contributed by atoms with Crippen LogP contribution in [0.1, 0.15) is 40.9 Å². The zero-order chi connectivity index (χ0) is 35.1. The Kier molecular flexibility index (Phi) is 10.9. The minimum Gasteiger partial charge on any atom is -0.480 e. The Labute approximate surface area is 274 Å². The van der Waals surface area contributed by atoms with Crippen molar-refractivity contribution in [1.82, 2.24) is 0 Å². The van der Waals surface area contributed by atoms with Crippen molar-refractivity contribution in [1.29, 1.82) is 0 Å². The summed E-state index contributed by atoms with van der Waals surface area (Å²) in [6.45, 7) is 3.93. The van der Waals surface area contributed by atoms with Crippen molar-refractivity contribution < 1.29 is 47.3 Å². The molecule has 4 aromatic carbocycles. The van der Waals surface area contributed by atoms with Crippen LogP contribution in [0.25, 0.3) is 11.1 Å². The molecule has 48 heavy (non-hydrogen) atoms. The molecule has 12 heteroatoms. The van der Waals surface area contributed by atoms with E-state index in [4.69, 9.17) is 4.74 Å². The van der Waals surface area contributed by atoms with Gasteiger partial charge in [-0.25, -0.2) is 0 Å². The van der Waals surface area contributed by atoms with E-state index in [1.165, 1.54) is 36.4 Å². The van der Waals surface area contributed by atoms with Gasteiger partial charge in [0.1, 0.15) is 6.61 Å². The molecular formula is C36H33F3N2O7. The number of halogens is 3. The van der Waals surface area contributed by atoms with Gasteiger partial charge in [0.15, 0.2) is 0 Å². The third-order valence-electron chi connectivity index (χ3n) is 7.90. The van der Waals surface area contributed by atoms with Crippen molar-refractivity contribution in [2.45, 2.75) is 31.9 Å². The molecule has 0 fully saturated rings. The number of carbonyl (C=O) groups is 4. The molecule has 0 aromatic heterocycles. The number of nitrogens with zero attached hydrogens (tertiary/aromatic N) is 1. The number of rotatable bonds is 13. The quantitative estimate of drug-likeness (QED) is 0.107. The molecule has 9 nitrogen and oxygen atoms in total. The molecule has 0 atom stereocenters. The second kappa shape index (κ2) is 14.8. The minimum absolute atomic E-state index is 0.0541. The van der Waals surface area contributed by atoms with Gasteiger partial charge >= 0.3 is 24.1 Å². The van der Waals surface area contributed by atoms with Crippen LogP contribution in [0.15, 0.2) is 97.1 Å². The van der Waals surface area contributed by atoms with Crippen LogP contribution in [0, 0.1) is 0 Å². The van der Waals surface area contributed by atoms with Crippen LogP contribution in [0.3, 0.4) is 0 Å². The van der Waals surface area contributed by atoms with Gasteiger partial charge in [-0.3, -0.25) is 19.2 Å². The molecular weight excluding hydrogens is 629 g/mol. The number of benzene rings is 4. The molecule has 1 amide bonds. The van der Waals surface area contributed by atoms with Crippen molar-refractivity contribution in [2.75, 3.05) is 29.9 Å². The van der Waals surface area contributed by atoms with Crippen LogP contribution in [0.4, 0.5) is 24.5 Å². The average molecular weight is 663 g/mol. The first-order valence-electron chi connectivity index (χ1n) is 15.0. The molecule has 250 valence electrons. The molecule has 0 aliphatic rings. The molecule has 0 aliphatic heterocycles. The number of alkyl halides is 3. The lowest BCUT2D eigenvalue weighted by atomic mass is 9.81. The summed E-state index contributed by atoms with van der Waals surface area (Å²) in [5.41, 5.74) is -0.843. The molecule has 0 aliphatic carbocycles. The largest absolute Gasteiger partial charge is 0.480 e. The lowest BCUT2D eigenvalue weighted by Crippen LogP contribution is -2.48. The SMILES string of the molecule is CCN(CC)c1cc(CC(=O)OCC(C(=O)O)(C(=O)O)c2ccccc2)ccc1NC(=O)c1ccccc1-c1ccc(C(F)(F)F)cc1. The van der Waals surface area contributed by atoms with Crippen LogP contribution in [-0.4, -0.2) is 53.7 Å². The Morgan fingerprint density at radius 2 is 1.38 bits per heavy atom. The summed E-state index contributed by atoms with van der Waals surface area (Å²) in [6, 6.07) is 23.1. The van der Waals surface area contributed by atoms with Crippen LogP contribution in [-0.2, 0) is 37.1 Å². The summed E-state index contributed by atoms with van der Waals surface area (Å²) < 4.78 is 44.5. The molecule has 0 bridgehead atoms. The first-order chi connectivity index (χ1) is 22.8. The van der Waals surface area contributed by atoms with Gasteiger partial charge in [0.2, 0.25) is 5.41 Å². The summed E-state index contributed by atoms with van der Waals surface area (Å²) in [7, 11) is 0. The van der Waals surface area contributed by atoms with Gasteiger partial charge in [-0.15, -0.1) is 0 Å². The number of carbonyl (C=O) groups excluding carboxylic acids is 2. The maximum absolute atomic E-state index is 13.6. The number of aliphatic carboxylic acids is 2. The van der Waals surface area contributed by atoms with Gasteiger partial charge in [0.05, 0.1) is 23.4 Å². The molecule has 0 radical (unpaired) electrons. The molecule has 3 N–H and O–H groups in total. The van der Waals surface area contributed by atoms with E-state index in [2.05, 4.69) is 5.32 Å². The second-order valence-electron chi connectivity index (χ2n) is 10.8. The van der Waals surface area contributed by atoms with Gasteiger partial charge in [-0.05, 0) is 66.4 Å². The molecule has 0 spiro atoms. The number of hydrogen-bond donors (Lipinski definition) is 3. The van der Waals surface area contributed by atoms with E-state index >= 15 is 0 Å². The fourth-order valence-electron chi connectivity index (χ4n) is 5.25. The standard InChI is InChI=1S/C36H33F3N2O7/c1-3-41(4-2)30-20-23(21-31(42)48-22-35(33(44)45,34(46)47)25-10-6-5-7-11-25)14-19-29(30)40-32(43)28-13-9-8-12-27(28)24-15-17-26(18-16-24)36(37,38)39/h5-20H,3-4,21-22H2,1-2H3,(H,40,43)(H,44,45)(H,46,47). The summed E-state index contributed by atoms with van der Waals surface area (Å²) in [5.74, 6) is -4.73. The predicted molar refractivity (Wildman–Crippen MR) is 173 cm³/mol. The number of esters is 1. The van der Waals surface area contributed by atoms with Gasteiger partial charge in [0, 0.05) is 18.7 Å². The summed E-state index contributed by atoms with van der Waals surface area (Å²) >= 11 is 0. The number of amides is 1. The zero-order valence-corrected chi connectivity index (χ0v) is 26.1. The number of carboxylic acid groups (broad SMARTS) is 2. The Morgan fingerprint density at radius 1 is 0.771 bits per heavy atom. The molecule has 0 saturated carbocycles. The van der Waals surface area contributed by atoms with Crippen LogP contribution < -0.4 is 10.2 Å². The highest BCUT2D eigenvalue weighted by molar-refractivity contribution is 6.10. The smallest absolute Gasteiger partial charge is 0.416 e. The predicted octanol–water partition coefficient (Wildman–Crippen LogP) is 6.66. The zero-order valence-electron chi connectivity index (χ0n) is 26.1. The minimum atomic E-state index is -4.50. The van der Waals surface area contributed by atoms with Gasteiger partial charge in [-0.1, -0.05) is 66.7 Å². The third-order valence-corrected chi connectivity index (χ3v) is 7.90. The Hall–Kier alpha value is -5.65. The van der Waals surface area contributed by atoms with Crippen LogP contribution >= 0.6 is 0 Å². The second-order valence-corrected chi connectivity index (χ2v) is 10.8. The normalized spacial score (nSPS) is 11.4. The van der Waals surface area contributed by atoms with E-state index in [9.17, 15) is 42.6 Å². The maximum atomic E-state index is 13.6. The van der Waals surface area contributed by atoms with Crippen molar-refractivity contribution in [3.8, 4) is 11.1 Å². The first-order valence-corrected chi connectivity index (χ1v) is 15.0. The Bertz CT molecular complexity index is 1770. The topological polar surface area (TPSA) is 133 Å². The molecule has 0 unspecified atom stereocenters. The number of nitrogens with one attached hydrogen (secondary N) is 1. The third kappa shape index (κ3) is 7.65. The molecule has 4 aromatic rings. The fourth-order valence-corrected chi connectivity index (χ4v) is 5.25. The number of carboxylic acids is 2. The van der Waals surface area contributed by atoms with E-state index in [0.29, 0.717) is 41.2 Å².